The lowest BCUT2D eigenvalue weighted by Gasteiger charge is -2.38. The maximum absolute atomic E-state index is 11.9. The van der Waals surface area contributed by atoms with Crippen molar-refractivity contribution in [2.24, 2.45) is 0 Å². The minimum atomic E-state index is -1.06. The molecule has 1 aliphatic carbocycles. The first-order chi connectivity index (χ1) is 7.73. The maximum Gasteiger partial charge on any atom is 0.408 e. The molecule has 0 heterocycles. The van der Waals surface area contributed by atoms with Gasteiger partial charge in [0.05, 0.1) is 0 Å². The van der Waals surface area contributed by atoms with E-state index in [9.17, 15) is 14.7 Å². The first-order valence-corrected chi connectivity index (χ1v) is 6.06. The average molecular weight is 242 g/mol. The smallest absolute Gasteiger partial charge is 0.408 e. The van der Waals surface area contributed by atoms with Crippen LogP contribution in [0, 0.1) is 0 Å². The Bertz CT molecular complexity index is 305. The van der Waals surface area contributed by atoms with Crippen molar-refractivity contribution in [3.63, 3.8) is 0 Å². The summed E-state index contributed by atoms with van der Waals surface area (Å²) in [6.45, 7) is 6.99. The fourth-order valence-corrected chi connectivity index (χ4v) is 2.03. The van der Waals surface area contributed by atoms with E-state index in [4.69, 9.17) is 0 Å². The Labute approximate surface area is 102 Å². The van der Waals surface area contributed by atoms with E-state index >= 15 is 0 Å². The zero-order valence-electron chi connectivity index (χ0n) is 11.0. The Morgan fingerprint density at radius 2 is 1.88 bits per heavy atom. The number of carbonyl (C=O) groups excluding carboxylic acids is 1. The molecule has 0 aromatic rings. The highest BCUT2D eigenvalue weighted by Crippen LogP contribution is 2.20. The molecule has 0 aromatic carbocycles. The van der Waals surface area contributed by atoms with E-state index in [0.29, 0.717) is 0 Å². The number of carbonyl (C=O) groups is 2. The van der Waals surface area contributed by atoms with E-state index in [2.05, 4.69) is 5.32 Å². The summed E-state index contributed by atoms with van der Waals surface area (Å²) in [5, 5.41) is 12.1. The molecule has 0 aromatic heterocycles. The molecule has 1 unspecified atom stereocenters. The van der Waals surface area contributed by atoms with Crippen molar-refractivity contribution in [3.05, 3.63) is 0 Å². The van der Waals surface area contributed by atoms with Crippen molar-refractivity contribution >= 4 is 12.0 Å². The molecular weight excluding hydrogens is 220 g/mol. The SMILES string of the molecule is CC(C(=O)NC1CCC1)N(C(=O)O)C(C)(C)C. The predicted octanol–water partition coefficient (Wildman–Crippen LogP) is 1.82. The number of carboxylic acid groups (broad SMARTS) is 1. The van der Waals surface area contributed by atoms with Gasteiger partial charge in [-0.2, -0.15) is 0 Å². The van der Waals surface area contributed by atoms with E-state index in [1.165, 1.54) is 4.90 Å². The molecule has 0 spiro atoms. The van der Waals surface area contributed by atoms with Crippen molar-refractivity contribution in [2.45, 2.75) is 64.6 Å². The fraction of sp³-hybridized carbons (Fsp3) is 0.833. The number of amides is 2. The molecule has 1 saturated carbocycles. The zero-order chi connectivity index (χ0) is 13.2. The third-order valence-electron chi connectivity index (χ3n) is 3.15. The van der Waals surface area contributed by atoms with Gasteiger partial charge in [0.15, 0.2) is 0 Å². The topological polar surface area (TPSA) is 69.6 Å². The average Bonchev–Trinajstić information content (AvgIpc) is 2.07. The van der Waals surface area contributed by atoms with Crippen LogP contribution in [0.15, 0.2) is 0 Å². The highest BCUT2D eigenvalue weighted by molar-refractivity contribution is 5.85. The summed E-state index contributed by atoms with van der Waals surface area (Å²) in [4.78, 5) is 24.3. The van der Waals surface area contributed by atoms with Gasteiger partial charge in [0.2, 0.25) is 5.91 Å². The quantitative estimate of drug-likeness (QED) is 0.793. The Morgan fingerprint density at radius 3 is 2.18 bits per heavy atom. The van der Waals surface area contributed by atoms with Gasteiger partial charge in [-0.3, -0.25) is 9.69 Å². The third kappa shape index (κ3) is 3.35. The normalized spacial score (nSPS) is 18.1. The summed E-state index contributed by atoms with van der Waals surface area (Å²) in [5.74, 6) is -0.202. The molecule has 1 aliphatic rings. The summed E-state index contributed by atoms with van der Waals surface area (Å²) in [5.41, 5.74) is -0.581. The van der Waals surface area contributed by atoms with Crippen LogP contribution < -0.4 is 5.32 Å². The molecule has 1 fully saturated rings. The van der Waals surface area contributed by atoms with Gasteiger partial charge in [0, 0.05) is 11.6 Å². The van der Waals surface area contributed by atoms with Gasteiger partial charge in [-0.1, -0.05) is 0 Å². The van der Waals surface area contributed by atoms with Gasteiger partial charge in [-0.15, -0.1) is 0 Å². The first kappa shape index (κ1) is 13.8. The van der Waals surface area contributed by atoms with Crippen molar-refractivity contribution in [2.75, 3.05) is 0 Å². The molecule has 1 atom stereocenters. The first-order valence-electron chi connectivity index (χ1n) is 6.06. The molecule has 17 heavy (non-hydrogen) atoms. The second-order valence-corrected chi connectivity index (χ2v) is 5.64. The van der Waals surface area contributed by atoms with Crippen LogP contribution >= 0.6 is 0 Å². The molecule has 2 amide bonds. The molecule has 98 valence electrons. The molecule has 0 saturated heterocycles. The Kier molecular flexibility index (Phi) is 4.01. The van der Waals surface area contributed by atoms with Gasteiger partial charge in [-0.25, -0.2) is 4.79 Å². The molecule has 0 radical (unpaired) electrons. The standard InChI is InChI=1S/C12H22N2O3/c1-8(10(15)13-9-6-5-7-9)14(11(16)17)12(2,3)4/h8-9H,5-7H2,1-4H3,(H,13,15)(H,16,17). The lowest BCUT2D eigenvalue weighted by atomic mass is 9.93. The third-order valence-corrected chi connectivity index (χ3v) is 3.15. The fourth-order valence-electron chi connectivity index (χ4n) is 2.03. The lowest BCUT2D eigenvalue weighted by molar-refractivity contribution is -0.128. The van der Waals surface area contributed by atoms with E-state index in [-0.39, 0.29) is 11.9 Å². The summed E-state index contributed by atoms with van der Waals surface area (Å²) < 4.78 is 0. The van der Waals surface area contributed by atoms with Gasteiger partial charge < -0.3 is 10.4 Å². The van der Waals surface area contributed by atoms with Gasteiger partial charge in [-0.05, 0) is 47.0 Å². The van der Waals surface area contributed by atoms with Crippen LogP contribution in [0.3, 0.4) is 0 Å². The maximum atomic E-state index is 11.9. The Morgan fingerprint density at radius 1 is 1.35 bits per heavy atom. The molecule has 1 rings (SSSR count). The highest BCUT2D eigenvalue weighted by atomic mass is 16.4. The number of hydrogen-bond acceptors (Lipinski definition) is 2. The van der Waals surface area contributed by atoms with Crippen LogP contribution in [0.1, 0.15) is 47.0 Å². The van der Waals surface area contributed by atoms with E-state index in [1.807, 2.05) is 0 Å². The van der Waals surface area contributed by atoms with Crippen LogP contribution in [-0.4, -0.2) is 39.6 Å². The van der Waals surface area contributed by atoms with Crippen molar-refractivity contribution in [1.29, 1.82) is 0 Å². The highest BCUT2D eigenvalue weighted by Gasteiger charge is 2.35. The van der Waals surface area contributed by atoms with Crippen LogP contribution in [-0.2, 0) is 4.79 Å². The van der Waals surface area contributed by atoms with Crippen LogP contribution in [0.25, 0.3) is 0 Å². The summed E-state index contributed by atoms with van der Waals surface area (Å²) in [6.07, 6.45) is 2.08. The van der Waals surface area contributed by atoms with Gasteiger partial charge in [0.25, 0.3) is 0 Å². The number of hydrogen-bond donors (Lipinski definition) is 2. The number of nitrogens with zero attached hydrogens (tertiary/aromatic N) is 1. The molecular formula is C12H22N2O3. The van der Waals surface area contributed by atoms with Crippen LogP contribution in [0.2, 0.25) is 0 Å². The van der Waals surface area contributed by atoms with E-state index in [0.717, 1.165) is 19.3 Å². The molecule has 2 N–H and O–H groups in total. The van der Waals surface area contributed by atoms with Crippen molar-refractivity contribution in [3.8, 4) is 0 Å². The summed E-state index contributed by atoms with van der Waals surface area (Å²) >= 11 is 0. The predicted molar refractivity (Wildman–Crippen MR) is 64.9 cm³/mol. The molecule has 0 aliphatic heterocycles. The Balaban J connectivity index is 2.66. The Hall–Kier alpha value is -1.26. The zero-order valence-corrected chi connectivity index (χ0v) is 11.0. The minimum Gasteiger partial charge on any atom is -0.465 e. The summed E-state index contributed by atoms with van der Waals surface area (Å²) in [7, 11) is 0. The molecule has 5 heteroatoms. The van der Waals surface area contributed by atoms with Crippen LogP contribution in [0.4, 0.5) is 4.79 Å². The van der Waals surface area contributed by atoms with E-state index in [1.54, 1.807) is 27.7 Å². The lowest BCUT2D eigenvalue weighted by Crippen LogP contribution is -2.57. The minimum absolute atomic E-state index is 0.202. The van der Waals surface area contributed by atoms with Crippen LogP contribution in [0.5, 0.6) is 0 Å². The van der Waals surface area contributed by atoms with E-state index < -0.39 is 17.7 Å². The second kappa shape index (κ2) is 4.94. The van der Waals surface area contributed by atoms with Gasteiger partial charge >= 0.3 is 6.09 Å². The number of nitrogens with one attached hydrogen (secondary N) is 1. The number of rotatable bonds is 3. The van der Waals surface area contributed by atoms with Crippen molar-refractivity contribution in [1.82, 2.24) is 10.2 Å². The second-order valence-electron chi connectivity index (χ2n) is 5.64. The molecule has 5 nitrogen and oxygen atoms in total. The van der Waals surface area contributed by atoms with Gasteiger partial charge in [0.1, 0.15) is 6.04 Å². The van der Waals surface area contributed by atoms with Crippen molar-refractivity contribution < 1.29 is 14.7 Å². The summed E-state index contributed by atoms with van der Waals surface area (Å²) in [6, 6.07) is -0.423. The monoisotopic (exact) mass is 242 g/mol. The largest absolute Gasteiger partial charge is 0.465 e. The molecule has 0 bridgehead atoms.